The number of amides is 3. The zero-order chi connectivity index (χ0) is 25.1. The van der Waals surface area contributed by atoms with Crippen molar-refractivity contribution in [3.05, 3.63) is 86.4 Å². The molecule has 1 atom stereocenters. The van der Waals surface area contributed by atoms with E-state index in [1.54, 1.807) is 54.6 Å². The molecule has 1 aliphatic rings. The summed E-state index contributed by atoms with van der Waals surface area (Å²) in [7, 11) is 2.98. The molecule has 9 heteroatoms. The summed E-state index contributed by atoms with van der Waals surface area (Å²) in [6.07, 6.45) is -0.131. The minimum Gasteiger partial charge on any atom is -0.493 e. The molecule has 0 spiro atoms. The van der Waals surface area contributed by atoms with Crippen molar-refractivity contribution in [3.8, 4) is 11.5 Å². The van der Waals surface area contributed by atoms with Crippen LogP contribution in [0, 0.1) is 3.57 Å². The highest BCUT2D eigenvalue weighted by atomic mass is 127. The molecule has 1 heterocycles. The summed E-state index contributed by atoms with van der Waals surface area (Å²) >= 11 is 8.53. The molecule has 7 nitrogen and oxygen atoms in total. The van der Waals surface area contributed by atoms with E-state index in [-0.39, 0.29) is 18.9 Å². The van der Waals surface area contributed by atoms with Crippen molar-refractivity contribution in [1.29, 1.82) is 0 Å². The third-order valence-corrected chi connectivity index (χ3v) is 6.86. The number of hydrogen-bond acceptors (Lipinski definition) is 5. The van der Waals surface area contributed by atoms with Crippen LogP contribution in [0.3, 0.4) is 0 Å². The summed E-state index contributed by atoms with van der Waals surface area (Å²) in [5.41, 5.74) is 1.43. The van der Waals surface area contributed by atoms with Crippen LogP contribution in [0.2, 0.25) is 5.02 Å². The summed E-state index contributed by atoms with van der Waals surface area (Å²) in [5, 5.41) is 0.462. The first kappa shape index (κ1) is 25.0. The van der Waals surface area contributed by atoms with Crippen LogP contribution in [0.25, 0.3) is 0 Å². The number of halogens is 2. The van der Waals surface area contributed by atoms with Crippen LogP contribution in [0.1, 0.15) is 22.3 Å². The van der Waals surface area contributed by atoms with E-state index < -0.39 is 17.9 Å². The van der Waals surface area contributed by atoms with Crippen LogP contribution in [0.4, 0.5) is 5.69 Å². The quantitative estimate of drug-likeness (QED) is 0.282. The van der Waals surface area contributed by atoms with Gasteiger partial charge in [-0.25, -0.2) is 4.90 Å². The van der Waals surface area contributed by atoms with E-state index in [9.17, 15) is 14.4 Å². The minimum absolute atomic E-state index is 0.0526. The zero-order valence-corrected chi connectivity index (χ0v) is 21.9. The molecule has 1 unspecified atom stereocenters. The van der Waals surface area contributed by atoms with Crippen molar-refractivity contribution in [2.45, 2.75) is 19.0 Å². The van der Waals surface area contributed by atoms with Gasteiger partial charge in [-0.15, -0.1) is 0 Å². The Hall–Kier alpha value is -3.11. The maximum atomic E-state index is 13.8. The number of methoxy groups -OCH3 is 2. The summed E-state index contributed by atoms with van der Waals surface area (Å²) in [6.45, 7) is 0.0526. The molecule has 3 amide bonds. The fraction of sp³-hybridized carbons (Fsp3) is 0.192. The number of nitrogens with zero attached hydrogens (tertiary/aromatic N) is 2. The average molecular weight is 605 g/mol. The van der Waals surface area contributed by atoms with E-state index >= 15 is 0 Å². The average Bonchev–Trinajstić information content (AvgIpc) is 3.16. The lowest BCUT2D eigenvalue weighted by Gasteiger charge is -2.28. The van der Waals surface area contributed by atoms with Crippen molar-refractivity contribution in [1.82, 2.24) is 4.90 Å². The number of imide groups is 1. The van der Waals surface area contributed by atoms with Crippen LogP contribution in [0.15, 0.2) is 66.7 Å². The Bertz CT molecular complexity index is 1280. The Labute approximate surface area is 221 Å². The monoisotopic (exact) mass is 604 g/mol. The first-order valence-corrected chi connectivity index (χ1v) is 12.2. The molecule has 0 aliphatic carbocycles. The standard InChI is InChI=1S/C26H22ClIN2O5/c1-34-22-12-7-16(13-23(22)35-2)25(32)29(15-17-5-3-4-6-20(17)27)21-14-24(31)30(26(21)33)19-10-8-18(28)9-11-19/h3-13,21H,14-15H2,1-2H3. The van der Waals surface area contributed by atoms with Gasteiger partial charge in [0, 0.05) is 20.7 Å². The first-order valence-electron chi connectivity index (χ1n) is 10.7. The number of anilines is 1. The fourth-order valence-corrected chi connectivity index (χ4v) is 4.54. The number of ether oxygens (including phenoxy) is 2. The third kappa shape index (κ3) is 5.13. The van der Waals surface area contributed by atoms with E-state index in [1.807, 2.05) is 12.1 Å². The fourth-order valence-electron chi connectivity index (χ4n) is 3.99. The number of rotatable bonds is 7. The Kier molecular flexibility index (Phi) is 7.61. The third-order valence-electron chi connectivity index (χ3n) is 5.77. The van der Waals surface area contributed by atoms with Crippen LogP contribution in [-0.2, 0) is 16.1 Å². The molecule has 4 rings (SSSR count). The second-order valence-electron chi connectivity index (χ2n) is 7.86. The summed E-state index contributed by atoms with van der Waals surface area (Å²) in [4.78, 5) is 42.8. The predicted molar refractivity (Wildman–Crippen MR) is 141 cm³/mol. The van der Waals surface area contributed by atoms with Gasteiger partial charge in [0.1, 0.15) is 6.04 Å². The number of benzene rings is 3. The Morgan fingerprint density at radius 2 is 1.71 bits per heavy atom. The highest BCUT2D eigenvalue weighted by molar-refractivity contribution is 14.1. The molecule has 1 fully saturated rings. The summed E-state index contributed by atoms with van der Waals surface area (Å²) in [5.74, 6) is -0.409. The normalized spacial score (nSPS) is 15.3. The van der Waals surface area contributed by atoms with Gasteiger partial charge in [0.2, 0.25) is 5.91 Å². The number of carbonyl (C=O) groups is 3. The van der Waals surface area contributed by atoms with Crippen molar-refractivity contribution in [2.75, 3.05) is 19.1 Å². The molecule has 0 N–H and O–H groups in total. The van der Waals surface area contributed by atoms with Gasteiger partial charge in [-0.2, -0.15) is 0 Å². The lowest BCUT2D eigenvalue weighted by Crippen LogP contribution is -2.45. The Balaban J connectivity index is 1.73. The number of hydrogen-bond donors (Lipinski definition) is 0. The van der Waals surface area contributed by atoms with Crippen LogP contribution >= 0.6 is 34.2 Å². The molecule has 0 aromatic heterocycles. The molecule has 3 aromatic carbocycles. The van der Waals surface area contributed by atoms with Gasteiger partial charge in [0.05, 0.1) is 26.3 Å². The molecule has 0 bridgehead atoms. The van der Waals surface area contributed by atoms with E-state index in [0.29, 0.717) is 33.3 Å². The van der Waals surface area contributed by atoms with Gasteiger partial charge in [-0.3, -0.25) is 14.4 Å². The topological polar surface area (TPSA) is 76.2 Å². The van der Waals surface area contributed by atoms with E-state index in [2.05, 4.69) is 22.6 Å². The van der Waals surface area contributed by atoms with E-state index in [1.165, 1.54) is 19.1 Å². The van der Waals surface area contributed by atoms with Crippen molar-refractivity contribution in [3.63, 3.8) is 0 Å². The smallest absolute Gasteiger partial charge is 0.257 e. The van der Waals surface area contributed by atoms with Crippen LogP contribution < -0.4 is 14.4 Å². The molecule has 0 radical (unpaired) electrons. The van der Waals surface area contributed by atoms with Crippen LogP contribution in [0.5, 0.6) is 11.5 Å². The van der Waals surface area contributed by atoms with Gasteiger partial charge in [-0.1, -0.05) is 29.8 Å². The van der Waals surface area contributed by atoms with E-state index in [0.717, 1.165) is 8.47 Å². The Morgan fingerprint density at radius 3 is 2.37 bits per heavy atom. The molecule has 1 aliphatic heterocycles. The maximum Gasteiger partial charge on any atom is 0.257 e. The lowest BCUT2D eigenvalue weighted by atomic mass is 10.1. The predicted octanol–water partition coefficient (Wildman–Crippen LogP) is 4.94. The van der Waals surface area contributed by atoms with E-state index in [4.69, 9.17) is 21.1 Å². The van der Waals surface area contributed by atoms with Crippen LogP contribution in [-0.4, -0.2) is 42.9 Å². The second-order valence-corrected chi connectivity index (χ2v) is 9.51. The zero-order valence-electron chi connectivity index (χ0n) is 19.0. The lowest BCUT2D eigenvalue weighted by molar-refractivity contribution is -0.122. The van der Waals surface area contributed by atoms with Crippen molar-refractivity contribution in [2.24, 2.45) is 0 Å². The molecule has 1 saturated heterocycles. The molecule has 35 heavy (non-hydrogen) atoms. The highest BCUT2D eigenvalue weighted by Gasteiger charge is 2.44. The maximum absolute atomic E-state index is 13.8. The molecule has 3 aromatic rings. The van der Waals surface area contributed by atoms with Gasteiger partial charge in [0.25, 0.3) is 11.8 Å². The largest absolute Gasteiger partial charge is 0.493 e. The number of carbonyl (C=O) groups excluding carboxylic acids is 3. The van der Waals surface area contributed by atoms with Gasteiger partial charge >= 0.3 is 0 Å². The molecule has 180 valence electrons. The summed E-state index contributed by atoms with van der Waals surface area (Å²) in [6, 6.07) is 18.0. The van der Waals surface area contributed by atoms with Gasteiger partial charge in [0.15, 0.2) is 11.5 Å². The SMILES string of the molecule is COc1ccc(C(=O)N(Cc2ccccc2Cl)C2CC(=O)N(c3ccc(I)cc3)C2=O)cc1OC. The van der Waals surface area contributed by atoms with Crippen molar-refractivity contribution >= 4 is 57.6 Å². The molecular formula is C26H22ClIN2O5. The first-order chi connectivity index (χ1) is 16.8. The Morgan fingerprint density at radius 1 is 1.03 bits per heavy atom. The molecule has 0 saturated carbocycles. The molecular weight excluding hydrogens is 583 g/mol. The summed E-state index contributed by atoms with van der Waals surface area (Å²) < 4.78 is 11.6. The van der Waals surface area contributed by atoms with Crippen molar-refractivity contribution < 1.29 is 23.9 Å². The second kappa shape index (κ2) is 10.7. The van der Waals surface area contributed by atoms with Gasteiger partial charge in [-0.05, 0) is 76.7 Å². The van der Waals surface area contributed by atoms with Gasteiger partial charge < -0.3 is 14.4 Å². The minimum atomic E-state index is -0.987. The highest BCUT2D eigenvalue weighted by Crippen LogP contribution is 2.32.